The van der Waals surface area contributed by atoms with Crippen molar-refractivity contribution in [2.45, 2.75) is 43.9 Å². The third kappa shape index (κ3) is 3.93. The van der Waals surface area contributed by atoms with Crippen LogP contribution < -0.4 is 5.32 Å². The van der Waals surface area contributed by atoms with E-state index in [4.69, 9.17) is 4.74 Å². The molecule has 1 aliphatic carbocycles. The molecule has 0 spiro atoms. The van der Waals surface area contributed by atoms with E-state index in [1.54, 1.807) is 7.11 Å². The van der Waals surface area contributed by atoms with E-state index in [0.717, 1.165) is 19.4 Å². The molecular formula is C17H27NO2S. The Morgan fingerprint density at radius 3 is 2.71 bits per heavy atom. The molecule has 0 radical (unpaired) electrons. The predicted molar refractivity (Wildman–Crippen MR) is 89.2 cm³/mol. The number of ether oxygens (including phenoxy) is 1. The normalized spacial score (nSPS) is 26.3. The molecule has 0 heterocycles. The van der Waals surface area contributed by atoms with Gasteiger partial charge >= 0.3 is 0 Å². The molecule has 0 fully saturated rings. The largest absolute Gasteiger partial charge is 0.384 e. The van der Waals surface area contributed by atoms with Gasteiger partial charge in [-0.15, -0.1) is 0 Å². The van der Waals surface area contributed by atoms with E-state index < -0.39 is 10.8 Å². The predicted octanol–water partition coefficient (Wildman–Crippen LogP) is 3.00. The van der Waals surface area contributed by atoms with Gasteiger partial charge in [0.2, 0.25) is 0 Å². The van der Waals surface area contributed by atoms with Crippen molar-refractivity contribution in [2.24, 2.45) is 0 Å². The van der Waals surface area contributed by atoms with E-state index in [1.165, 1.54) is 11.1 Å². The lowest BCUT2D eigenvalue weighted by molar-refractivity contribution is 0.217. The Labute approximate surface area is 130 Å². The van der Waals surface area contributed by atoms with Gasteiger partial charge in [-0.1, -0.05) is 38.1 Å². The van der Waals surface area contributed by atoms with Crippen LogP contribution in [0.2, 0.25) is 0 Å². The minimum Gasteiger partial charge on any atom is -0.384 e. The molecule has 1 aromatic rings. The third-order valence-corrected chi connectivity index (χ3v) is 5.97. The van der Waals surface area contributed by atoms with Crippen LogP contribution in [-0.2, 0) is 15.5 Å². The highest BCUT2D eigenvalue weighted by atomic mass is 32.2. The van der Waals surface area contributed by atoms with Crippen LogP contribution in [0.5, 0.6) is 0 Å². The molecule has 0 saturated heterocycles. The maximum absolute atomic E-state index is 12.7. The van der Waals surface area contributed by atoms with Crippen LogP contribution >= 0.6 is 0 Å². The van der Waals surface area contributed by atoms with Crippen molar-refractivity contribution in [3.8, 4) is 0 Å². The minimum atomic E-state index is -0.855. The van der Waals surface area contributed by atoms with E-state index in [-0.39, 0.29) is 11.3 Å². The number of hydrogen-bond acceptors (Lipinski definition) is 3. The summed E-state index contributed by atoms with van der Waals surface area (Å²) in [6, 6.07) is 8.81. The molecule has 4 unspecified atom stereocenters. The number of methoxy groups -OCH3 is 1. The summed E-state index contributed by atoms with van der Waals surface area (Å²) in [5.41, 5.74) is 2.74. The van der Waals surface area contributed by atoms with Crippen LogP contribution in [0.4, 0.5) is 0 Å². The molecule has 0 aliphatic heterocycles. The lowest BCUT2D eigenvalue weighted by Crippen LogP contribution is -2.40. The van der Waals surface area contributed by atoms with Gasteiger partial charge in [-0.25, -0.2) is 0 Å². The second kappa shape index (κ2) is 8.06. The van der Waals surface area contributed by atoms with Crippen molar-refractivity contribution in [3.63, 3.8) is 0 Å². The standard InChI is InChI=1S/C17H27NO2S/c1-4-9-18-17-15-8-6-5-7-14(15)13(2)12-16(17)21(19)11-10-20-3/h5-8,13,16-18H,4,9-12H2,1-3H3. The fourth-order valence-corrected chi connectivity index (χ4v) is 4.86. The van der Waals surface area contributed by atoms with Crippen molar-refractivity contribution in [3.05, 3.63) is 35.4 Å². The smallest absolute Gasteiger partial charge is 0.0577 e. The topological polar surface area (TPSA) is 38.3 Å². The number of rotatable bonds is 7. The summed E-state index contributed by atoms with van der Waals surface area (Å²) in [6.07, 6.45) is 2.07. The Morgan fingerprint density at radius 2 is 2.05 bits per heavy atom. The maximum atomic E-state index is 12.7. The van der Waals surface area contributed by atoms with Gasteiger partial charge < -0.3 is 10.1 Å². The molecule has 1 N–H and O–H groups in total. The molecular weight excluding hydrogens is 282 g/mol. The van der Waals surface area contributed by atoms with E-state index >= 15 is 0 Å². The molecule has 1 aromatic carbocycles. The summed E-state index contributed by atoms with van der Waals surface area (Å²) in [5, 5.41) is 3.80. The van der Waals surface area contributed by atoms with Gasteiger partial charge in [0.25, 0.3) is 0 Å². The average molecular weight is 309 g/mol. The highest BCUT2D eigenvalue weighted by Gasteiger charge is 2.35. The highest BCUT2D eigenvalue weighted by Crippen LogP contribution is 2.39. The number of fused-ring (bicyclic) bond motifs is 1. The Morgan fingerprint density at radius 1 is 1.33 bits per heavy atom. The SMILES string of the molecule is CCCNC1c2ccccc2C(C)CC1S(=O)CCOC. The Kier molecular flexibility index (Phi) is 6.40. The first kappa shape index (κ1) is 16.7. The van der Waals surface area contributed by atoms with E-state index in [0.29, 0.717) is 18.3 Å². The quantitative estimate of drug-likeness (QED) is 0.841. The van der Waals surface area contributed by atoms with Gasteiger partial charge in [-0.05, 0) is 36.4 Å². The fourth-order valence-electron chi connectivity index (χ4n) is 3.17. The maximum Gasteiger partial charge on any atom is 0.0577 e. The summed E-state index contributed by atoms with van der Waals surface area (Å²) in [6.45, 7) is 5.95. The van der Waals surface area contributed by atoms with E-state index in [9.17, 15) is 4.21 Å². The van der Waals surface area contributed by atoms with Crippen LogP contribution in [0.1, 0.15) is 49.8 Å². The van der Waals surface area contributed by atoms with Gasteiger partial charge in [0.1, 0.15) is 0 Å². The van der Waals surface area contributed by atoms with Crippen molar-refractivity contribution in [2.75, 3.05) is 26.0 Å². The molecule has 0 bridgehead atoms. The molecule has 0 amide bonds. The minimum absolute atomic E-state index is 0.177. The van der Waals surface area contributed by atoms with Gasteiger partial charge in [-0.3, -0.25) is 4.21 Å². The number of benzene rings is 1. The van der Waals surface area contributed by atoms with Crippen LogP contribution in [0.25, 0.3) is 0 Å². The van der Waals surface area contributed by atoms with Crippen LogP contribution in [-0.4, -0.2) is 35.5 Å². The molecule has 1 aliphatic rings. The number of hydrogen-bond donors (Lipinski definition) is 1. The van der Waals surface area contributed by atoms with Crippen molar-refractivity contribution < 1.29 is 8.95 Å². The lowest BCUT2D eigenvalue weighted by Gasteiger charge is -2.37. The number of nitrogens with one attached hydrogen (secondary N) is 1. The molecule has 2 rings (SSSR count). The molecule has 0 saturated carbocycles. The zero-order valence-electron chi connectivity index (χ0n) is 13.3. The zero-order chi connectivity index (χ0) is 15.2. The van der Waals surface area contributed by atoms with E-state index in [2.05, 4.69) is 43.4 Å². The van der Waals surface area contributed by atoms with Gasteiger partial charge in [0.15, 0.2) is 0 Å². The first-order valence-electron chi connectivity index (χ1n) is 7.87. The van der Waals surface area contributed by atoms with Crippen molar-refractivity contribution in [1.82, 2.24) is 5.32 Å². The Hall–Kier alpha value is -0.710. The Balaban J connectivity index is 2.25. The Bertz CT molecular complexity index is 478. The highest BCUT2D eigenvalue weighted by molar-refractivity contribution is 7.85. The first-order valence-corrected chi connectivity index (χ1v) is 9.25. The summed E-state index contributed by atoms with van der Waals surface area (Å²) in [4.78, 5) is 0. The van der Waals surface area contributed by atoms with Crippen molar-refractivity contribution >= 4 is 10.8 Å². The van der Waals surface area contributed by atoms with Crippen LogP contribution in [0.15, 0.2) is 24.3 Å². The average Bonchev–Trinajstić information content (AvgIpc) is 2.51. The van der Waals surface area contributed by atoms with E-state index in [1.807, 2.05) is 0 Å². The zero-order valence-corrected chi connectivity index (χ0v) is 14.1. The molecule has 118 valence electrons. The lowest BCUT2D eigenvalue weighted by atomic mass is 9.80. The van der Waals surface area contributed by atoms with Crippen LogP contribution in [0.3, 0.4) is 0 Å². The van der Waals surface area contributed by atoms with Crippen LogP contribution in [0, 0.1) is 0 Å². The second-order valence-electron chi connectivity index (χ2n) is 5.81. The summed E-state index contributed by atoms with van der Waals surface area (Å²) in [7, 11) is 0.814. The monoisotopic (exact) mass is 309 g/mol. The van der Waals surface area contributed by atoms with Gasteiger partial charge in [0.05, 0.1) is 11.9 Å². The molecule has 3 nitrogen and oxygen atoms in total. The fraction of sp³-hybridized carbons (Fsp3) is 0.647. The molecule has 21 heavy (non-hydrogen) atoms. The molecule has 4 atom stereocenters. The molecule has 0 aromatic heterocycles. The van der Waals surface area contributed by atoms with Gasteiger partial charge in [0, 0.05) is 29.7 Å². The summed E-state index contributed by atoms with van der Waals surface area (Å²) < 4.78 is 17.8. The first-order chi connectivity index (χ1) is 10.2. The third-order valence-electron chi connectivity index (χ3n) is 4.26. The van der Waals surface area contributed by atoms with Gasteiger partial charge in [-0.2, -0.15) is 0 Å². The summed E-state index contributed by atoms with van der Waals surface area (Å²) in [5.74, 6) is 1.10. The van der Waals surface area contributed by atoms with Crippen molar-refractivity contribution in [1.29, 1.82) is 0 Å². The molecule has 4 heteroatoms. The summed E-state index contributed by atoms with van der Waals surface area (Å²) >= 11 is 0. The second-order valence-corrected chi connectivity index (χ2v) is 7.59.